The van der Waals surface area contributed by atoms with Gasteiger partial charge in [-0.25, -0.2) is 8.42 Å². The average molecular weight is 327 g/mol. The molecule has 0 aliphatic carbocycles. The summed E-state index contributed by atoms with van der Waals surface area (Å²) in [6.45, 7) is 0. The Balaban J connectivity index is 3.01. The monoisotopic (exact) mass is 327 g/mol. The molecule has 4 nitrogen and oxygen atoms in total. The van der Waals surface area contributed by atoms with E-state index in [0.717, 1.165) is 9.83 Å². The summed E-state index contributed by atoms with van der Waals surface area (Å²) in [5.41, 5.74) is 0.564. The molecule has 0 saturated heterocycles. The first-order valence-electron chi connectivity index (χ1n) is 3.74. The van der Waals surface area contributed by atoms with Crippen molar-refractivity contribution in [1.82, 2.24) is 0 Å². The van der Waals surface area contributed by atoms with Crippen molar-refractivity contribution in [1.29, 1.82) is 0 Å². The van der Waals surface area contributed by atoms with Gasteiger partial charge in [0.05, 0.1) is 19.1 Å². The van der Waals surface area contributed by atoms with Gasteiger partial charge in [0.15, 0.2) is 0 Å². The molecule has 0 spiro atoms. The van der Waals surface area contributed by atoms with Gasteiger partial charge in [-0.2, -0.15) is 0 Å². The van der Waals surface area contributed by atoms with Crippen LogP contribution in [0, 0.1) is 3.57 Å². The fourth-order valence-electron chi connectivity index (χ4n) is 0.905. The number of methoxy groups -OCH3 is 1. The Kier molecular flexibility index (Phi) is 3.59. The summed E-state index contributed by atoms with van der Waals surface area (Å²) in [6.07, 6.45) is 1.12. The van der Waals surface area contributed by atoms with Crippen molar-refractivity contribution in [3.05, 3.63) is 21.8 Å². The minimum Gasteiger partial charge on any atom is -0.497 e. The lowest BCUT2D eigenvalue weighted by Gasteiger charge is -2.07. The number of rotatable bonds is 3. The van der Waals surface area contributed by atoms with E-state index in [1.165, 1.54) is 0 Å². The maximum atomic E-state index is 11.0. The number of ether oxygens (including phenoxy) is 1. The first kappa shape index (κ1) is 11.6. The van der Waals surface area contributed by atoms with Crippen LogP contribution in [-0.4, -0.2) is 21.8 Å². The van der Waals surface area contributed by atoms with Gasteiger partial charge in [0.1, 0.15) is 5.75 Å². The first-order valence-corrected chi connectivity index (χ1v) is 6.71. The van der Waals surface area contributed by atoms with Crippen LogP contribution in [0.15, 0.2) is 18.2 Å². The van der Waals surface area contributed by atoms with Crippen LogP contribution >= 0.6 is 22.6 Å². The second kappa shape index (κ2) is 4.35. The Bertz CT molecular complexity index is 430. The van der Waals surface area contributed by atoms with Crippen molar-refractivity contribution >= 4 is 38.3 Å². The Morgan fingerprint density at radius 1 is 1.43 bits per heavy atom. The molecule has 0 amide bonds. The molecule has 0 aliphatic heterocycles. The number of hydrogen-bond acceptors (Lipinski definition) is 3. The highest BCUT2D eigenvalue weighted by Gasteiger charge is 2.06. The van der Waals surface area contributed by atoms with Gasteiger partial charge in [0.2, 0.25) is 10.0 Å². The summed E-state index contributed by atoms with van der Waals surface area (Å²) in [6, 6.07) is 5.13. The fourth-order valence-corrected chi connectivity index (χ4v) is 2.29. The largest absolute Gasteiger partial charge is 0.497 e. The van der Waals surface area contributed by atoms with Gasteiger partial charge in [-0.05, 0) is 40.8 Å². The van der Waals surface area contributed by atoms with Gasteiger partial charge in [-0.15, -0.1) is 0 Å². The van der Waals surface area contributed by atoms with Crippen molar-refractivity contribution in [3.63, 3.8) is 0 Å². The van der Waals surface area contributed by atoms with Crippen LogP contribution in [0.4, 0.5) is 5.69 Å². The van der Waals surface area contributed by atoms with Crippen LogP contribution in [-0.2, 0) is 10.0 Å². The number of nitrogens with one attached hydrogen (secondary N) is 1. The van der Waals surface area contributed by atoms with Crippen LogP contribution in [0.25, 0.3) is 0 Å². The Morgan fingerprint density at radius 2 is 2.07 bits per heavy atom. The standard InChI is InChI=1S/C8H10INO3S/c1-13-6-3-4-8(7(9)5-6)10-14(2,11)12/h3-5,10H,1-2H3. The molecule has 0 fully saturated rings. The van der Waals surface area contributed by atoms with Gasteiger partial charge in [-0.3, -0.25) is 4.72 Å². The lowest BCUT2D eigenvalue weighted by Crippen LogP contribution is -2.10. The summed E-state index contributed by atoms with van der Waals surface area (Å²) in [7, 11) is -1.65. The number of anilines is 1. The van der Waals surface area contributed by atoms with Gasteiger partial charge < -0.3 is 4.74 Å². The smallest absolute Gasteiger partial charge is 0.229 e. The third kappa shape index (κ3) is 3.33. The molecule has 0 aliphatic rings. The maximum Gasteiger partial charge on any atom is 0.229 e. The van der Waals surface area contributed by atoms with E-state index in [2.05, 4.69) is 4.72 Å². The zero-order chi connectivity index (χ0) is 10.8. The van der Waals surface area contributed by atoms with E-state index in [4.69, 9.17) is 4.74 Å². The summed E-state index contributed by atoms with van der Waals surface area (Å²) >= 11 is 2.04. The zero-order valence-corrected chi connectivity index (χ0v) is 10.7. The predicted octanol–water partition coefficient (Wildman–Crippen LogP) is 1.67. The molecule has 0 unspecified atom stereocenters. The third-order valence-electron chi connectivity index (χ3n) is 1.47. The first-order chi connectivity index (χ1) is 6.42. The topological polar surface area (TPSA) is 55.4 Å². The van der Waals surface area contributed by atoms with Crippen molar-refractivity contribution < 1.29 is 13.2 Å². The SMILES string of the molecule is COc1ccc(NS(C)(=O)=O)c(I)c1. The molecular formula is C8H10INO3S. The van der Waals surface area contributed by atoms with E-state index in [9.17, 15) is 8.42 Å². The average Bonchev–Trinajstić information content (AvgIpc) is 2.06. The highest BCUT2D eigenvalue weighted by Crippen LogP contribution is 2.23. The van der Waals surface area contributed by atoms with Crippen molar-refractivity contribution in [2.24, 2.45) is 0 Å². The second-order valence-corrected chi connectivity index (χ2v) is 5.63. The quantitative estimate of drug-likeness (QED) is 0.860. The maximum absolute atomic E-state index is 11.0. The van der Waals surface area contributed by atoms with Crippen LogP contribution in [0.1, 0.15) is 0 Å². The van der Waals surface area contributed by atoms with Crippen LogP contribution in [0.2, 0.25) is 0 Å². The molecule has 1 aromatic rings. The molecule has 0 heterocycles. The molecule has 1 aromatic carbocycles. The van der Waals surface area contributed by atoms with E-state index >= 15 is 0 Å². The molecule has 0 radical (unpaired) electrons. The molecule has 1 rings (SSSR count). The normalized spacial score (nSPS) is 11.1. The highest BCUT2D eigenvalue weighted by molar-refractivity contribution is 14.1. The molecule has 6 heteroatoms. The zero-order valence-electron chi connectivity index (χ0n) is 7.74. The van der Waals surface area contributed by atoms with Crippen LogP contribution in [0.5, 0.6) is 5.75 Å². The van der Waals surface area contributed by atoms with E-state index in [-0.39, 0.29) is 0 Å². The predicted molar refractivity (Wildman–Crippen MR) is 64.2 cm³/mol. The Hall–Kier alpha value is -0.500. The lowest BCUT2D eigenvalue weighted by molar-refractivity contribution is 0.414. The van der Waals surface area contributed by atoms with Crippen LogP contribution in [0.3, 0.4) is 0 Å². The lowest BCUT2D eigenvalue weighted by atomic mass is 10.3. The molecule has 0 bridgehead atoms. The molecule has 1 N–H and O–H groups in total. The number of benzene rings is 1. The number of sulfonamides is 1. The van der Waals surface area contributed by atoms with Crippen molar-refractivity contribution in [2.75, 3.05) is 18.1 Å². The molecular weight excluding hydrogens is 317 g/mol. The van der Waals surface area contributed by atoms with E-state index < -0.39 is 10.0 Å². The van der Waals surface area contributed by atoms with E-state index in [1.807, 2.05) is 22.6 Å². The molecule has 78 valence electrons. The second-order valence-electron chi connectivity index (χ2n) is 2.72. The van der Waals surface area contributed by atoms with Gasteiger partial charge >= 0.3 is 0 Å². The third-order valence-corrected chi connectivity index (χ3v) is 2.95. The molecule has 0 atom stereocenters. The minimum absolute atomic E-state index is 0.564. The van der Waals surface area contributed by atoms with Crippen LogP contribution < -0.4 is 9.46 Å². The molecule has 0 saturated carbocycles. The van der Waals surface area contributed by atoms with E-state index in [0.29, 0.717) is 11.4 Å². The Labute approximate surface area is 96.8 Å². The van der Waals surface area contributed by atoms with Gasteiger partial charge in [-0.1, -0.05) is 0 Å². The summed E-state index contributed by atoms with van der Waals surface area (Å²) in [4.78, 5) is 0. The fraction of sp³-hybridized carbons (Fsp3) is 0.250. The number of halogens is 1. The summed E-state index contributed by atoms with van der Waals surface area (Å²) in [5, 5.41) is 0. The molecule has 14 heavy (non-hydrogen) atoms. The highest BCUT2D eigenvalue weighted by atomic mass is 127. The molecule has 0 aromatic heterocycles. The summed E-state index contributed by atoms with van der Waals surface area (Å²) in [5.74, 6) is 0.702. The number of hydrogen-bond donors (Lipinski definition) is 1. The van der Waals surface area contributed by atoms with Gasteiger partial charge in [0.25, 0.3) is 0 Å². The van der Waals surface area contributed by atoms with Gasteiger partial charge in [0, 0.05) is 3.57 Å². The van der Waals surface area contributed by atoms with E-state index in [1.54, 1.807) is 25.3 Å². The van der Waals surface area contributed by atoms with Crippen molar-refractivity contribution in [2.45, 2.75) is 0 Å². The minimum atomic E-state index is -3.21. The van der Waals surface area contributed by atoms with Crippen molar-refractivity contribution in [3.8, 4) is 5.75 Å². The Morgan fingerprint density at radius 3 is 2.50 bits per heavy atom. The summed E-state index contributed by atoms with van der Waals surface area (Å²) < 4.78 is 30.1.